The largest absolute Gasteiger partial charge is 0.480 e. The Kier molecular flexibility index (Phi) is 6.91. The highest BCUT2D eigenvalue weighted by atomic mass is 79.9. The predicted molar refractivity (Wildman–Crippen MR) is 105 cm³/mol. The molecule has 0 saturated heterocycles. The Morgan fingerprint density at radius 2 is 1.88 bits per heavy atom. The van der Waals surface area contributed by atoms with E-state index in [1.54, 1.807) is 36.4 Å². The number of nitrogens with zero attached hydrogens (tertiary/aromatic N) is 1. The van der Waals surface area contributed by atoms with Gasteiger partial charge in [0, 0.05) is 10.6 Å². The number of hydrogen-bond donors (Lipinski definition) is 1. The van der Waals surface area contributed by atoms with Crippen molar-refractivity contribution < 1.29 is 14.6 Å². The zero-order valence-electron chi connectivity index (χ0n) is 12.4. The Bertz CT molecular complexity index is 884. The lowest BCUT2D eigenvalue weighted by Crippen LogP contribution is -2.10. The second kappa shape index (κ2) is 8.72. The molecule has 0 bridgehead atoms. The van der Waals surface area contributed by atoms with Crippen molar-refractivity contribution in [1.29, 1.82) is 5.26 Å². The van der Waals surface area contributed by atoms with Crippen LogP contribution >= 0.6 is 55.1 Å². The molecule has 128 valence electrons. The number of rotatable bonds is 5. The van der Waals surface area contributed by atoms with Gasteiger partial charge in [0.25, 0.3) is 0 Å². The molecule has 0 saturated carbocycles. The number of allylic oxidation sites excluding steroid dienone is 1. The first-order chi connectivity index (χ1) is 11.8. The van der Waals surface area contributed by atoms with Crippen LogP contribution in [-0.2, 0) is 4.79 Å². The van der Waals surface area contributed by atoms with Crippen molar-refractivity contribution in [2.24, 2.45) is 0 Å². The minimum absolute atomic E-state index is 0.361. The number of halogens is 4. The van der Waals surface area contributed by atoms with E-state index in [-0.39, 0.29) is 0 Å². The monoisotopic (exact) mass is 503 g/mol. The van der Waals surface area contributed by atoms with Crippen molar-refractivity contribution in [3.8, 4) is 11.8 Å². The van der Waals surface area contributed by atoms with E-state index >= 15 is 0 Å². The molecule has 0 aliphatic carbocycles. The van der Waals surface area contributed by atoms with Crippen molar-refractivity contribution in [3.63, 3.8) is 0 Å². The Hall–Kier alpha value is -1.52. The van der Waals surface area contributed by atoms with E-state index in [1.807, 2.05) is 0 Å². The first kappa shape index (κ1) is 19.8. The number of carbonyl (C=O) groups is 1. The van der Waals surface area contributed by atoms with Crippen molar-refractivity contribution in [1.82, 2.24) is 0 Å². The van der Waals surface area contributed by atoms with Gasteiger partial charge in [-0.1, -0.05) is 29.3 Å². The van der Waals surface area contributed by atoms with E-state index in [0.717, 1.165) is 0 Å². The molecule has 2 aromatic rings. The molecular weight excluding hydrogens is 497 g/mol. The number of hydrogen-bond acceptors (Lipinski definition) is 3. The van der Waals surface area contributed by atoms with E-state index in [9.17, 15) is 10.1 Å². The SMILES string of the molecule is N#C/C(=C\c1cc(Br)c(OCC(=O)O)c(Br)c1)c1ccc(Cl)cc1Cl. The summed E-state index contributed by atoms with van der Waals surface area (Å²) in [6, 6.07) is 10.4. The van der Waals surface area contributed by atoms with Crippen LogP contribution in [0.1, 0.15) is 11.1 Å². The van der Waals surface area contributed by atoms with Crippen LogP contribution in [0.15, 0.2) is 39.3 Å². The molecule has 4 nitrogen and oxygen atoms in total. The molecule has 0 aromatic heterocycles. The molecule has 0 radical (unpaired) electrons. The first-order valence-corrected chi connectivity index (χ1v) is 9.07. The zero-order chi connectivity index (χ0) is 18.6. The van der Waals surface area contributed by atoms with Crippen molar-refractivity contribution in [2.45, 2.75) is 0 Å². The summed E-state index contributed by atoms with van der Waals surface area (Å²) in [6.07, 6.45) is 1.66. The smallest absolute Gasteiger partial charge is 0.341 e. The second-order valence-electron chi connectivity index (χ2n) is 4.79. The molecule has 2 rings (SSSR count). The quantitative estimate of drug-likeness (QED) is 0.397. The van der Waals surface area contributed by atoms with Crippen molar-refractivity contribution >= 4 is 72.7 Å². The summed E-state index contributed by atoms with van der Waals surface area (Å²) in [4.78, 5) is 10.6. The van der Waals surface area contributed by atoms with Crippen LogP contribution in [0.25, 0.3) is 11.6 Å². The number of carboxylic acids is 1. The molecule has 0 atom stereocenters. The maximum Gasteiger partial charge on any atom is 0.341 e. The number of carboxylic acid groups (broad SMARTS) is 1. The standard InChI is InChI=1S/C17H9Br2Cl2NO3/c18-13-4-9(5-14(19)17(13)25-8-16(23)24)3-10(7-22)12-2-1-11(20)6-15(12)21/h1-6H,8H2,(H,23,24)/b10-3+. The second-order valence-corrected chi connectivity index (χ2v) is 7.34. The van der Waals surface area contributed by atoms with Gasteiger partial charge in [-0.25, -0.2) is 4.79 Å². The van der Waals surface area contributed by atoms with E-state index in [4.69, 9.17) is 33.0 Å². The van der Waals surface area contributed by atoms with Crippen molar-refractivity contribution in [2.75, 3.05) is 6.61 Å². The molecule has 8 heteroatoms. The summed E-state index contributed by atoms with van der Waals surface area (Å²) in [5.41, 5.74) is 1.62. The molecular formula is C17H9Br2Cl2NO3. The first-order valence-electron chi connectivity index (χ1n) is 6.72. The average molecular weight is 506 g/mol. The lowest BCUT2D eigenvalue weighted by Gasteiger charge is -2.10. The van der Waals surface area contributed by atoms with Crippen LogP contribution in [0, 0.1) is 11.3 Å². The van der Waals surface area contributed by atoms with Crippen LogP contribution in [0.4, 0.5) is 0 Å². The molecule has 1 N–H and O–H groups in total. The van der Waals surface area contributed by atoms with E-state index in [0.29, 0.717) is 41.4 Å². The van der Waals surface area contributed by atoms with Gasteiger partial charge in [0.05, 0.1) is 25.6 Å². The van der Waals surface area contributed by atoms with Gasteiger partial charge >= 0.3 is 5.97 Å². The Labute approximate surface area is 170 Å². The predicted octanol–water partition coefficient (Wildman–Crippen LogP) is 6.05. The number of nitriles is 1. The van der Waals surface area contributed by atoms with Crippen LogP contribution in [0.2, 0.25) is 10.0 Å². The summed E-state index contributed by atoms with van der Waals surface area (Å²) < 4.78 is 6.32. The van der Waals surface area contributed by atoms with Gasteiger partial charge in [-0.15, -0.1) is 0 Å². The van der Waals surface area contributed by atoms with Gasteiger partial charge in [-0.05, 0) is 67.8 Å². The maximum absolute atomic E-state index is 10.6. The molecule has 0 heterocycles. The lowest BCUT2D eigenvalue weighted by atomic mass is 10.0. The topological polar surface area (TPSA) is 70.3 Å². The summed E-state index contributed by atoms with van der Waals surface area (Å²) in [5, 5.41) is 19.0. The van der Waals surface area contributed by atoms with Gasteiger partial charge in [0.15, 0.2) is 6.61 Å². The number of aliphatic carboxylic acids is 1. The van der Waals surface area contributed by atoms with Gasteiger partial charge in [0.1, 0.15) is 5.75 Å². The van der Waals surface area contributed by atoms with E-state index in [2.05, 4.69) is 37.9 Å². The lowest BCUT2D eigenvalue weighted by molar-refractivity contribution is -0.139. The molecule has 2 aromatic carbocycles. The molecule has 0 fully saturated rings. The normalized spacial score (nSPS) is 11.1. The Morgan fingerprint density at radius 3 is 2.40 bits per heavy atom. The third kappa shape index (κ3) is 5.23. The van der Waals surface area contributed by atoms with Gasteiger partial charge in [0.2, 0.25) is 0 Å². The Balaban J connectivity index is 2.42. The molecule has 25 heavy (non-hydrogen) atoms. The minimum atomic E-state index is -1.08. The molecule has 0 amide bonds. The average Bonchev–Trinajstić information content (AvgIpc) is 2.52. The van der Waals surface area contributed by atoms with E-state index in [1.165, 1.54) is 0 Å². The fourth-order valence-electron chi connectivity index (χ4n) is 1.98. The highest BCUT2D eigenvalue weighted by molar-refractivity contribution is 9.11. The fraction of sp³-hybridized carbons (Fsp3) is 0.0588. The highest BCUT2D eigenvalue weighted by Crippen LogP contribution is 2.36. The molecule has 0 spiro atoms. The minimum Gasteiger partial charge on any atom is -0.480 e. The molecule has 0 aliphatic rings. The molecule has 0 unspecified atom stereocenters. The third-order valence-electron chi connectivity index (χ3n) is 3.01. The van der Waals surface area contributed by atoms with Crippen molar-refractivity contribution in [3.05, 3.63) is 60.4 Å². The van der Waals surface area contributed by atoms with Gasteiger partial charge in [-0.3, -0.25) is 0 Å². The summed E-state index contributed by atoms with van der Waals surface area (Å²) in [6.45, 7) is -0.462. The van der Waals surface area contributed by atoms with Crippen LogP contribution in [-0.4, -0.2) is 17.7 Å². The van der Waals surface area contributed by atoms with E-state index < -0.39 is 12.6 Å². The highest BCUT2D eigenvalue weighted by Gasteiger charge is 2.12. The summed E-state index contributed by atoms with van der Waals surface area (Å²) in [7, 11) is 0. The summed E-state index contributed by atoms with van der Waals surface area (Å²) in [5.74, 6) is -0.713. The van der Waals surface area contributed by atoms with Crippen LogP contribution in [0.5, 0.6) is 5.75 Å². The number of ether oxygens (including phenoxy) is 1. The van der Waals surface area contributed by atoms with Gasteiger partial charge in [-0.2, -0.15) is 5.26 Å². The fourth-order valence-corrected chi connectivity index (χ4v) is 3.94. The van der Waals surface area contributed by atoms with Crippen LogP contribution < -0.4 is 4.74 Å². The van der Waals surface area contributed by atoms with Crippen LogP contribution in [0.3, 0.4) is 0 Å². The third-order valence-corrected chi connectivity index (χ3v) is 4.74. The maximum atomic E-state index is 10.6. The number of benzene rings is 2. The summed E-state index contributed by atoms with van der Waals surface area (Å²) >= 11 is 18.7. The zero-order valence-corrected chi connectivity index (χ0v) is 17.1. The Morgan fingerprint density at radius 1 is 1.24 bits per heavy atom. The molecule has 0 aliphatic heterocycles. The van der Waals surface area contributed by atoms with Gasteiger partial charge < -0.3 is 9.84 Å².